The third kappa shape index (κ3) is 1.94. The normalized spacial score (nSPS) is 11.1. The Bertz CT molecular complexity index is 806. The summed E-state index contributed by atoms with van der Waals surface area (Å²) in [6, 6.07) is 6.79. The molecule has 2 heterocycles. The van der Waals surface area contributed by atoms with Crippen molar-refractivity contribution in [2.24, 2.45) is 7.05 Å². The smallest absolute Gasteiger partial charge is 0.278 e. The number of non-ortho nitro benzene ring substituents is 1. The van der Waals surface area contributed by atoms with Gasteiger partial charge in [0.25, 0.3) is 5.69 Å². The van der Waals surface area contributed by atoms with Crippen LogP contribution in [-0.4, -0.2) is 19.0 Å². The van der Waals surface area contributed by atoms with Crippen molar-refractivity contribution in [3.8, 4) is 0 Å². The summed E-state index contributed by atoms with van der Waals surface area (Å²) in [4.78, 5) is 14.9. The Labute approximate surface area is 119 Å². The summed E-state index contributed by atoms with van der Waals surface area (Å²) >= 11 is 5.96. The van der Waals surface area contributed by atoms with Crippen LogP contribution in [0.2, 0.25) is 5.15 Å². The van der Waals surface area contributed by atoms with Gasteiger partial charge in [0.2, 0.25) is 0 Å². The molecule has 0 fully saturated rings. The molecule has 1 aromatic carbocycles. The fourth-order valence-corrected chi connectivity index (χ4v) is 2.37. The van der Waals surface area contributed by atoms with Crippen molar-refractivity contribution in [2.45, 2.75) is 6.54 Å². The van der Waals surface area contributed by atoms with Crippen molar-refractivity contribution in [3.63, 3.8) is 0 Å². The van der Waals surface area contributed by atoms with Gasteiger partial charge in [-0.2, -0.15) is 0 Å². The second kappa shape index (κ2) is 4.64. The molecule has 0 unspecified atom stereocenters. The summed E-state index contributed by atoms with van der Waals surface area (Å²) in [5, 5.41) is 12.2. The fraction of sp³-hybridized carbons (Fsp3) is 0.154. The van der Waals surface area contributed by atoms with Crippen LogP contribution in [0, 0.1) is 10.1 Å². The monoisotopic (exact) mass is 290 g/mol. The first kappa shape index (κ1) is 12.7. The van der Waals surface area contributed by atoms with E-state index < -0.39 is 0 Å². The lowest BCUT2D eigenvalue weighted by Crippen LogP contribution is -2.05. The number of nitrogens with zero attached hydrogens (tertiary/aromatic N) is 4. The minimum absolute atomic E-state index is 0.110. The van der Waals surface area contributed by atoms with Crippen LogP contribution in [0.25, 0.3) is 10.9 Å². The van der Waals surface area contributed by atoms with Crippen LogP contribution >= 0.6 is 11.6 Å². The fourth-order valence-electron chi connectivity index (χ4n) is 2.23. The zero-order valence-corrected chi connectivity index (χ0v) is 11.4. The van der Waals surface area contributed by atoms with E-state index in [0.717, 1.165) is 11.3 Å². The first-order valence-electron chi connectivity index (χ1n) is 5.96. The number of halogens is 1. The van der Waals surface area contributed by atoms with Crippen molar-refractivity contribution in [2.75, 3.05) is 0 Å². The summed E-state index contributed by atoms with van der Waals surface area (Å²) in [6.07, 6.45) is 3.41. The Balaban J connectivity index is 2.07. The summed E-state index contributed by atoms with van der Waals surface area (Å²) in [7, 11) is 1.83. The zero-order chi connectivity index (χ0) is 14.3. The van der Waals surface area contributed by atoms with E-state index in [-0.39, 0.29) is 10.6 Å². The molecule has 0 radical (unpaired) electrons. The molecule has 0 atom stereocenters. The minimum atomic E-state index is -0.371. The Morgan fingerprint density at radius 2 is 2.20 bits per heavy atom. The molecule has 6 nitrogen and oxygen atoms in total. The Hall–Kier alpha value is -2.34. The van der Waals surface area contributed by atoms with Gasteiger partial charge in [0.05, 0.1) is 28.6 Å². The molecule has 20 heavy (non-hydrogen) atoms. The molecule has 7 heteroatoms. The van der Waals surface area contributed by atoms with E-state index in [1.807, 2.05) is 23.9 Å². The quantitative estimate of drug-likeness (QED) is 0.550. The third-order valence-corrected chi connectivity index (χ3v) is 3.68. The minimum Gasteiger partial charge on any atom is -0.340 e. The number of nitro groups is 1. The van der Waals surface area contributed by atoms with Crippen LogP contribution < -0.4 is 0 Å². The van der Waals surface area contributed by atoms with Crippen LogP contribution in [-0.2, 0) is 13.6 Å². The molecule has 102 valence electrons. The molecule has 0 aliphatic rings. The average Bonchev–Trinajstić information content (AvgIpc) is 2.97. The predicted octanol–water partition coefficient (Wildman–Crippen LogP) is 2.98. The Morgan fingerprint density at radius 3 is 2.85 bits per heavy atom. The maximum Gasteiger partial charge on any atom is 0.278 e. The molecule has 3 rings (SSSR count). The van der Waals surface area contributed by atoms with E-state index in [1.54, 1.807) is 22.9 Å². The van der Waals surface area contributed by atoms with Crippen LogP contribution in [0.5, 0.6) is 0 Å². The molecule has 3 aromatic rings. The van der Waals surface area contributed by atoms with Gasteiger partial charge in [-0.3, -0.25) is 10.1 Å². The van der Waals surface area contributed by atoms with Crippen molar-refractivity contribution in [1.82, 2.24) is 14.1 Å². The number of imidazole rings is 1. The van der Waals surface area contributed by atoms with E-state index in [4.69, 9.17) is 11.6 Å². The maximum absolute atomic E-state index is 11.0. The summed E-state index contributed by atoms with van der Waals surface area (Å²) < 4.78 is 3.70. The van der Waals surface area contributed by atoms with Gasteiger partial charge in [0.15, 0.2) is 0 Å². The van der Waals surface area contributed by atoms with Gasteiger partial charge in [-0.15, -0.1) is 0 Å². The Morgan fingerprint density at radius 1 is 1.40 bits per heavy atom. The van der Waals surface area contributed by atoms with Gasteiger partial charge in [-0.05, 0) is 12.1 Å². The van der Waals surface area contributed by atoms with Gasteiger partial charge in [-0.1, -0.05) is 17.7 Å². The molecule has 0 bridgehead atoms. The molecule has 0 N–H and O–H groups in total. The zero-order valence-electron chi connectivity index (χ0n) is 10.7. The number of benzene rings is 1. The number of hydrogen-bond acceptors (Lipinski definition) is 3. The van der Waals surface area contributed by atoms with Crippen LogP contribution in [0.3, 0.4) is 0 Å². The summed E-state index contributed by atoms with van der Waals surface area (Å²) in [5.74, 6) is 0.791. The van der Waals surface area contributed by atoms with Gasteiger partial charge >= 0.3 is 0 Å². The van der Waals surface area contributed by atoms with Crippen LogP contribution in [0.4, 0.5) is 5.69 Å². The SMILES string of the molecule is Cn1c(Cl)cnc1Cn1ccc2c([N+](=O)[O-])cccc21. The highest BCUT2D eigenvalue weighted by Crippen LogP contribution is 2.26. The molecular formula is C13H11ClN4O2. The second-order valence-electron chi connectivity index (χ2n) is 4.47. The van der Waals surface area contributed by atoms with Crippen LogP contribution in [0.1, 0.15) is 5.82 Å². The van der Waals surface area contributed by atoms with Crippen molar-refractivity contribution in [3.05, 3.63) is 57.8 Å². The first-order chi connectivity index (χ1) is 9.58. The largest absolute Gasteiger partial charge is 0.340 e. The van der Waals surface area contributed by atoms with Crippen LogP contribution in [0.15, 0.2) is 36.7 Å². The lowest BCUT2D eigenvalue weighted by Gasteiger charge is -2.06. The highest BCUT2D eigenvalue weighted by molar-refractivity contribution is 6.29. The molecule has 0 aliphatic heterocycles. The van der Waals surface area contributed by atoms with Gasteiger partial charge < -0.3 is 9.13 Å². The van der Waals surface area contributed by atoms with Gasteiger partial charge in [-0.25, -0.2) is 4.98 Å². The van der Waals surface area contributed by atoms with E-state index in [1.165, 1.54) is 6.07 Å². The highest BCUT2D eigenvalue weighted by atomic mass is 35.5. The van der Waals surface area contributed by atoms with Crippen molar-refractivity contribution in [1.29, 1.82) is 0 Å². The van der Waals surface area contributed by atoms with E-state index >= 15 is 0 Å². The van der Waals surface area contributed by atoms with Gasteiger partial charge in [0, 0.05) is 19.3 Å². The molecule has 0 spiro atoms. The van der Waals surface area contributed by atoms with Gasteiger partial charge in [0.1, 0.15) is 11.0 Å². The molecule has 0 amide bonds. The standard InChI is InChI=1S/C13H11ClN4O2/c1-16-12(14)7-15-13(16)8-17-6-5-9-10(17)3-2-4-11(9)18(19)20/h2-7H,8H2,1H3. The molecule has 0 aliphatic carbocycles. The Kier molecular flexibility index (Phi) is 2.94. The third-order valence-electron chi connectivity index (χ3n) is 3.33. The first-order valence-corrected chi connectivity index (χ1v) is 6.34. The average molecular weight is 291 g/mol. The number of aromatic nitrogens is 3. The molecular weight excluding hydrogens is 280 g/mol. The van der Waals surface area contributed by atoms with Crippen molar-refractivity contribution >= 4 is 28.2 Å². The number of nitro benzene ring substituents is 1. The predicted molar refractivity (Wildman–Crippen MR) is 75.9 cm³/mol. The van der Waals surface area contributed by atoms with Crippen molar-refractivity contribution < 1.29 is 4.92 Å². The van der Waals surface area contributed by atoms with E-state index in [2.05, 4.69) is 4.98 Å². The second-order valence-corrected chi connectivity index (χ2v) is 4.85. The summed E-state index contributed by atoms with van der Waals surface area (Å²) in [6.45, 7) is 0.508. The highest BCUT2D eigenvalue weighted by Gasteiger charge is 2.14. The number of fused-ring (bicyclic) bond motifs is 1. The topological polar surface area (TPSA) is 65.9 Å². The van der Waals surface area contributed by atoms with E-state index in [0.29, 0.717) is 17.1 Å². The number of hydrogen-bond donors (Lipinski definition) is 0. The maximum atomic E-state index is 11.0. The van der Waals surface area contributed by atoms with E-state index in [9.17, 15) is 10.1 Å². The molecule has 2 aromatic heterocycles. The number of rotatable bonds is 3. The molecule has 0 saturated carbocycles. The summed E-state index contributed by atoms with van der Waals surface area (Å²) in [5.41, 5.74) is 0.914. The lowest BCUT2D eigenvalue weighted by atomic mass is 10.2. The lowest BCUT2D eigenvalue weighted by molar-refractivity contribution is -0.383. The molecule has 0 saturated heterocycles.